The van der Waals surface area contributed by atoms with Gasteiger partial charge in [-0.05, 0) is 23.5 Å². The van der Waals surface area contributed by atoms with E-state index >= 15 is 0 Å². The second-order valence-corrected chi connectivity index (χ2v) is 6.27. The van der Waals surface area contributed by atoms with Crippen molar-refractivity contribution < 1.29 is 14.7 Å². The minimum absolute atomic E-state index is 0.0222. The molecule has 0 bridgehead atoms. The van der Waals surface area contributed by atoms with Gasteiger partial charge in [0.05, 0.1) is 6.54 Å². The number of aliphatic carboxylic acids is 1. The molecule has 0 aliphatic carbocycles. The molecule has 2 aromatic carbocycles. The van der Waals surface area contributed by atoms with E-state index in [1.165, 1.54) is 0 Å². The Bertz CT molecular complexity index is 678. The van der Waals surface area contributed by atoms with Crippen molar-refractivity contribution in [2.24, 2.45) is 5.92 Å². The SMILES string of the molecule is CC(C)CC(NCC(=O)c1ccc(-c2ccccc2)cc1)C(=O)O. The van der Waals surface area contributed by atoms with Gasteiger partial charge in [-0.25, -0.2) is 0 Å². The fourth-order valence-electron chi connectivity index (χ4n) is 2.54. The van der Waals surface area contributed by atoms with Gasteiger partial charge >= 0.3 is 5.97 Å². The summed E-state index contributed by atoms with van der Waals surface area (Å²) >= 11 is 0. The number of nitrogens with one attached hydrogen (secondary N) is 1. The van der Waals surface area contributed by atoms with Crippen LogP contribution in [-0.4, -0.2) is 29.4 Å². The maximum absolute atomic E-state index is 12.2. The minimum atomic E-state index is -0.920. The molecule has 4 nitrogen and oxygen atoms in total. The standard InChI is InChI=1S/C20H23NO3/c1-14(2)12-18(20(23)24)21-13-19(22)17-10-8-16(9-11-17)15-6-4-3-5-7-15/h3-11,14,18,21H,12-13H2,1-2H3,(H,23,24). The maximum atomic E-state index is 12.2. The van der Waals surface area contributed by atoms with E-state index in [1.54, 1.807) is 12.1 Å². The molecular weight excluding hydrogens is 302 g/mol. The van der Waals surface area contributed by atoms with E-state index in [1.807, 2.05) is 56.3 Å². The Morgan fingerprint density at radius 1 is 0.958 bits per heavy atom. The molecule has 0 spiro atoms. The lowest BCUT2D eigenvalue weighted by Crippen LogP contribution is -2.40. The van der Waals surface area contributed by atoms with E-state index in [4.69, 9.17) is 0 Å². The Morgan fingerprint density at radius 3 is 2.08 bits per heavy atom. The molecular formula is C20H23NO3. The lowest BCUT2D eigenvalue weighted by atomic mass is 10.0. The molecule has 0 saturated carbocycles. The highest BCUT2D eigenvalue weighted by molar-refractivity contribution is 5.98. The van der Waals surface area contributed by atoms with Crippen molar-refractivity contribution in [1.82, 2.24) is 5.32 Å². The highest BCUT2D eigenvalue weighted by Crippen LogP contribution is 2.19. The smallest absolute Gasteiger partial charge is 0.320 e. The molecule has 2 N–H and O–H groups in total. The van der Waals surface area contributed by atoms with Crippen molar-refractivity contribution in [1.29, 1.82) is 0 Å². The first-order chi connectivity index (χ1) is 11.5. The van der Waals surface area contributed by atoms with Crippen molar-refractivity contribution >= 4 is 11.8 Å². The number of hydrogen-bond acceptors (Lipinski definition) is 3. The summed E-state index contributed by atoms with van der Waals surface area (Å²) in [7, 11) is 0. The number of carbonyl (C=O) groups excluding carboxylic acids is 1. The average Bonchev–Trinajstić information content (AvgIpc) is 2.58. The fraction of sp³-hybridized carbons (Fsp3) is 0.300. The van der Waals surface area contributed by atoms with E-state index in [0.29, 0.717) is 12.0 Å². The van der Waals surface area contributed by atoms with Crippen LogP contribution >= 0.6 is 0 Å². The first-order valence-electron chi connectivity index (χ1n) is 8.12. The van der Waals surface area contributed by atoms with Crippen molar-refractivity contribution in [3.8, 4) is 11.1 Å². The fourth-order valence-corrected chi connectivity index (χ4v) is 2.54. The van der Waals surface area contributed by atoms with Crippen LogP contribution in [0.2, 0.25) is 0 Å². The topological polar surface area (TPSA) is 66.4 Å². The van der Waals surface area contributed by atoms with Gasteiger partial charge in [-0.3, -0.25) is 14.9 Å². The zero-order valence-electron chi connectivity index (χ0n) is 14.0. The summed E-state index contributed by atoms with van der Waals surface area (Å²) in [5.74, 6) is -0.778. The van der Waals surface area contributed by atoms with E-state index in [-0.39, 0.29) is 18.2 Å². The van der Waals surface area contributed by atoms with E-state index in [9.17, 15) is 14.7 Å². The number of rotatable bonds is 8. The number of benzene rings is 2. The molecule has 0 aromatic heterocycles. The molecule has 0 aliphatic rings. The van der Waals surface area contributed by atoms with Crippen LogP contribution in [0.1, 0.15) is 30.6 Å². The quantitative estimate of drug-likeness (QED) is 0.727. The zero-order chi connectivity index (χ0) is 17.5. The Balaban J connectivity index is 1.98. The van der Waals surface area contributed by atoms with E-state index < -0.39 is 12.0 Å². The molecule has 0 aliphatic heterocycles. The summed E-state index contributed by atoms with van der Waals surface area (Å²) in [6, 6.07) is 16.6. The second-order valence-electron chi connectivity index (χ2n) is 6.27. The van der Waals surface area contributed by atoms with Gasteiger partial charge in [0, 0.05) is 5.56 Å². The van der Waals surface area contributed by atoms with Gasteiger partial charge in [0.1, 0.15) is 6.04 Å². The van der Waals surface area contributed by atoms with Crippen LogP contribution < -0.4 is 5.32 Å². The minimum Gasteiger partial charge on any atom is -0.480 e. The third-order valence-corrected chi connectivity index (χ3v) is 3.83. The first kappa shape index (κ1) is 17.9. The van der Waals surface area contributed by atoms with Crippen molar-refractivity contribution in [2.45, 2.75) is 26.3 Å². The van der Waals surface area contributed by atoms with Crippen LogP contribution in [0, 0.1) is 5.92 Å². The van der Waals surface area contributed by atoms with E-state index in [2.05, 4.69) is 5.32 Å². The molecule has 4 heteroatoms. The molecule has 1 atom stereocenters. The molecule has 0 saturated heterocycles. The van der Waals surface area contributed by atoms with Gasteiger partial charge in [-0.1, -0.05) is 68.4 Å². The molecule has 126 valence electrons. The number of ketones is 1. The summed E-state index contributed by atoms with van der Waals surface area (Å²) < 4.78 is 0. The number of carboxylic acids is 1. The highest BCUT2D eigenvalue weighted by atomic mass is 16.4. The monoisotopic (exact) mass is 325 g/mol. The third kappa shape index (κ3) is 5.03. The second kappa shape index (κ2) is 8.41. The van der Waals surface area contributed by atoms with Gasteiger partial charge < -0.3 is 5.11 Å². The first-order valence-corrected chi connectivity index (χ1v) is 8.12. The Morgan fingerprint density at radius 2 is 1.54 bits per heavy atom. The van der Waals surface area contributed by atoms with Gasteiger partial charge in [-0.2, -0.15) is 0 Å². The Kier molecular flexibility index (Phi) is 6.27. The van der Waals surface area contributed by atoms with Gasteiger partial charge in [0.2, 0.25) is 0 Å². The Labute approximate surface area is 142 Å². The maximum Gasteiger partial charge on any atom is 0.320 e. The molecule has 0 radical (unpaired) electrons. The van der Waals surface area contributed by atoms with Crippen molar-refractivity contribution in [2.75, 3.05) is 6.54 Å². The molecule has 2 rings (SSSR count). The zero-order valence-corrected chi connectivity index (χ0v) is 14.0. The third-order valence-electron chi connectivity index (χ3n) is 3.83. The van der Waals surface area contributed by atoms with Crippen molar-refractivity contribution in [3.05, 3.63) is 60.2 Å². The number of Topliss-reactive ketones (excluding diaryl/α,β-unsaturated/α-hetero) is 1. The molecule has 0 fully saturated rings. The average molecular weight is 325 g/mol. The van der Waals surface area contributed by atoms with Crippen LogP contribution in [-0.2, 0) is 4.79 Å². The van der Waals surface area contributed by atoms with Crippen LogP contribution in [0.3, 0.4) is 0 Å². The normalized spacial score (nSPS) is 12.1. The largest absolute Gasteiger partial charge is 0.480 e. The van der Waals surface area contributed by atoms with Crippen LogP contribution in [0.4, 0.5) is 0 Å². The summed E-state index contributed by atoms with van der Waals surface area (Å²) in [5.41, 5.74) is 2.72. The van der Waals surface area contributed by atoms with Gasteiger partial charge in [-0.15, -0.1) is 0 Å². The molecule has 0 amide bonds. The van der Waals surface area contributed by atoms with Crippen LogP contribution in [0.15, 0.2) is 54.6 Å². The lowest BCUT2D eigenvalue weighted by molar-refractivity contribution is -0.139. The number of carboxylic acid groups (broad SMARTS) is 1. The van der Waals surface area contributed by atoms with Gasteiger partial charge in [0.15, 0.2) is 5.78 Å². The summed E-state index contributed by atoms with van der Waals surface area (Å²) in [4.78, 5) is 23.5. The summed E-state index contributed by atoms with van der Waals surface area (Å²) in [5, 5.41) is 12.0. The number of carbonyl (C=O) groups is 2. The summed E-state index contributed by atoms with van der Waals surface area (Å²) in [6.45, 7) is 3.94. The van der Waals surface area contributed by atoms with Crippen LogP contribution in [0.5, 0.6) is 0 Å². The molecule has 2 aromatic rings. The predicted molar refractivity (Wildman–Crippen MR) is 95.1 cm³/mol. The van der Waals surface area contributed by atoms with Crippen molar-refractivity contribution in [3.63, 3.8) is 0 Å². The molecule has 24 heavy (non-hydrogen) atoms. The predicted octanol–water partition coefficient (Wildman–Crippen LogP) is 3.63. The summed E-state index contributed by atoms with van der Waals surface area (Å²) in [6.07, 6.45) is 0.496. The Hall–Kier alpha value is -2.46. The van der Waals surface area contributed by atoms with E-state index in [0.717, 1.165) is 11.1 Å². The molecule has 1 unspecified atom stereocenters. The lowest BCUT2D eigenvalue weighted by Gasteiger charge is -2.16. The van der Waals surface area contributed by atoms with Gasteiger partial charge in [0.25, 0.3) is 0 Å². The number of hydrogen-bond donors (Lipinski definition) is 2. The van der Waals surface area contributed by atoms with Crippen LogP contribution in [0.25, 0.3) is 11.1 Å². The highest BCUT2D eigenvalue weighted by Gasteiger charge is 2.19. The molecule has 0 heterocycles.